The van der Waals surface area contributed by atoms with Crippen molar-refractivity contribution in [1.82, 2.24) is 14.8 Å². The van der Waals surface area contributed by atoms with Gasteiger partial charge in [0.05, 0.1) is 11.4 Å². The van der Waals surface area contributed by atoms with Gasteiger partial charge in [-0.3, -0.25) is 0 Å². The third-order valence-electron chi connectivity index (χ3n) is 2.85. The molecular weight excluding hydrogens is 242 g/mol. The van der Waals surface area contributed by atoms with Gasteiger partial charge in [0, 0.05) is 22.4 Å². The first-order chi connectivity index (χ1) is 8.19. The molecule has 2 aromatic rings. The molecular formula is C14H21N3S. The molecule has 0 aliphatic carbocycles. The summed E-state index contributed by atoms with van der Waals surface area (Å²) in [5.41, 5.74) is 2.44. The van der Waals surface area contributed by atoms with Crippen molar-refractivity contribution < 1.29 is 0 Å². The molecule has 0 aliphatic heterocycles. The maximum atomic E-state index is 4.75. The van der Waals surface area contributed by atoms with Gasteiger partial charge in [-0.2, -0.15) is 5.10 Å². The van der Waals surface area contributed by atoms with Gasteiger partial charge in [0.15, 0.2) is 0 Å². The van der Waals surface area contributed by atoms with E-state index in [-0.39, 0.29) is 10.8 Å². The first kappa shape index (κ1) is 13.3. The predicted molar refractivity (Wildman–Crippen MR) is 76.6 cm³/mol. The molecule has 0 spiro atoms. The Labute approximate surface area is 113 Å². The Hall–Kier alpha value is -1.16. The molecule has 0 fully saturated rings. The number of hydrogen-bond acceptors (Lipinski definition) is 3. The molecule has 0 aliphatic rings. The van der Waals surface area contributed by atoms with E-state index in [9.17, 15) is 0 Å². The minimum Gasteiger partial charge on any atom is -0.227 e. The molecule has 0 atom stereocenters. The van der Waals surface area contributed by atoms with Gasteiger partial charge in [0.2, 0.25) is 5.13 Å². The summed E-state index contributed by atoms with van der Waals surface area (Å²) in [4.78, 5) is 4.38. The van der Waals surface area contributed by atoms with Crippen molar-refractivity contribution in [3.8, 4) is 5.13 Å². The molecule has 0 N–H and O–H groups in total. The fraction of sp³-hybridized carbons (Fsp3) is 0.571. The summed E-state index contributed by atoms with van der Waals surface area (Å²) < 4.78 is 1.99. The molecule has 18 heavy (non-hydrogen) atoms. The van der Waals surface area contributed by atoms with Gasteiger partial charge in [0.25, 0.3) is 0 Å². The summed E-state index contributed by atoms with van der Waals surface area (Å²) in [5.74, 6) is 0. The van der Waals surface area contributed by atoms with E-state index >= 15 is 0 Å². The summed E-state index contributed by atoms with van der Waals surface area (Å²) in [6.07, 6.45) is 1.82. The average Bonchev–Trinajstić information content (AvgIpc) is 2.84. The average molecular weight is 263 g/mol. The largest absolute Gasteiger partial charge is 0.227 e. The molecule has 0 bridgehead atoms. The van der Waals surface area contributed by atoms with Gasteiger partial charge in [-0.05, 0) is 6.07 Å². The first-order valence-electron chi connectivity index (χ1n) is 6.20. The van der Waals surface area contributed by atoms with E-state index < -0.39 is 0 Å². The molecule has 2 aromatic heterocycles. The van der Waals surface area contributed by atoms with Crippen LogP contribution >= 0.6 is 11.3 Å². The zero-order chi connectivity index (χ0) is 13.6. The van der Waals surface area contributed by atoms with Crippen molar-refractivity contribution in [1.29, 1.82) is 0 Å². The van der Waals surface area contributed by atoms with Crippen LogP contribution < -0.4 is 0 Å². The summed E-state index contributed by atoms with van der Waals surface area (Å²) in [6, 6.07) is 2.21. The highest BCUT2D eigenvalue weighted by atomic mass is 32.1. The minimum atomic E-state index is 0.0577. The molecule has 0 saturated carbocycles. The van der Waals surface area contributed by atoms with Crippen molar-refractivity contribution in [2.75, 3.05) is 0 Å². The van der Waals surface area contributed by atoms with E-state index in [0.29, 0.717) is 0 Å². The van der Waals surface area contributed by atoms with Crippen molar-refractivity contribution in [3.63, 3.8) is 0 Å². The Morgan fingerprint density at radius 2 is 1.72 bits per heavy atom. The summed E-state index contributed by atoms with van der Waals surface area (Å²) in [7, 11) is 0. The summed E-state index contributed by atoms with van der Waals surface area (Å²) in [6.45, 7) is 13.2. The van der Waals surface area contributed by atoms with Crippen LogP contribution in [0.5, 0.6) is 0 Å². The van der Waals surface area contributed by atoms with Gasteiger partial charge in [0.1, 0.15) is 0 Å². The first-order valence-corrected chi connectivity index (χ1v) is 7.08. The Balaban J connectivity index is 2.61. The molecule has 0 unspecified atom stereocenters. The van der Waals surface area contributed by atoms with Gasteiger partial charge < -0.3 is 0 Å². The smallest absolute Gasteiger partial charge is 0.210 e. The zero-order valence-corrected chi connectivity index (χ0v) is 12.8. The lowest BCUT2D eigenvalue weighted by Crippen LogP contribution is -2.17. The van der Waals surface area contributed by atoms with Crippen LogP contribution in [-0.4, -0.2) is 14.8 Å². The molecule has 0 amide bonds. The fourth-order valence-electron chi connectivity index (χ4n) is 1.75. The number of thiazole rings is 1. The monoisotopic (exact) mass is 263 g/mol. The third kappa shape index (κ3) is 2.48. The summed E-state index contributed by atoms with van der Waals surface area (Å²) >= 11 is 1.62. The van der Waals surface area contributed by atoms with Gasteiger partial charge >= 0.3 is 0 Å². The van der Waals surface area contributed by atoms with Crippen LogP contribution in [0.15, 0.2) is 17.6 Å². The van der Waals surface area contributed by atoms with E-state index in [1.165, 1.54) is 5.69 Å². The topological polar surface area (TPSA) is 30.7 Å². The van der Waals surface area contributed by atoms with E-state index in [0.717, 1.165) is 10.8 Å². The fourth-order valence-corrected chi connectivity index (χ4v) is 2.35. The minimum absolute atomic E-state index is 0.0577. The molecule has 2 rings (SSSR count). The highest BCUT2D eigenvalue weighted by molar-refractivity contribution is 7.12. The van der Waals surface area contributed by atoms with Gasteiger partial charge in [-0.15, -0.1) is 11.3 Å². The maximum absolute atomic E-state index is 4.75. The standard InChI is InChI=1S/C14H21N3S/c1-13(2,3)10-9-11(14(4,5)6)17(16-10)12-15-7-8-18-12/h7-9H,1-6H3. The highest BCUT2D eigenvalue weighted by Gasteiger charge is 2.26. The van der Waals surface area contributed by atoms with Crippen molar-refractivity contribution in [2.45, 2.75) is 52.4 Å². The number of rotatable bonds is 1. The lowest BCUT2D eigenvalue weighted by atomic mass is 9.88. The SMILES string of the molecule is CC(C)(C)c1cc(C(C)(C)C)n(-c2nccs2)n1. The lowest BCUT2D eigenvalue weighted by molar-refractivity contribution is 0.536. The second kappa shape index (κ2) is 4.19. The van der Waals surface area contributed by atoms with E-state index in [2.05, 4.69) is 52.6 Å². The summed E-state index contributed by atoms with van der Waals surface area (Å²) in [5, 5.41) is 7.68. The lowest BCUT2D eigenvalue weighted by Gasteiger charge is -2.18. The van der Waals surface area contributed by atoms with E-state index in [1.807, 2.05) is 16.3 Å². The molecule has 0 radical (unpaired) electrons. The highest BCUT2D eigenvalue weighted by Crippen LogP contribution is 2.30. The quantitative estimate of drug-likeness (QED) is 0.780. The Morgan fingerprint density at radius 1 is 1.06 bits per heavy atom. The molecule has 2 heterocycles. The maximum Gasteiger partial charge on any atom is 0.210 e. The molecule has 3 nitrogen and oxygen atoms in total. The predicted octanol–water partition coefficient (Wildman–Crippen LogP) is 3.92. The van der Waals surface area contributed by atoms with Crippen LogP contribution in [0.3, 0.4) is 0 Å². The van der Waals surface area contributed by atoms with Gasteiger partial charge in [-0.25, -0.2) is 9.67 Å². The number of aromatic nitrogens is 3. The van der Waals surface area contributed by atoms with Crippen molar-refractivity contribution in [3.05, 3.63) is 29.0 Å². The second-order valence-corrected chi connectivity index (χ2v) is 7.51. The van der Waals surface area contributed by atoms with Crippen LogP contribution in [0.1, 0.15) is 52.9 Å². The van der Waals surface area contributed by atoms with Crippen LogP contribution in [0, 0.1) is 0 Å². The van der Waals surface area contributed by atoms with Crippen molar-refractivity contribution >= 4 is 11.3 Å². The Bertz CT molecular complexity index is 524. The van der Waals surface area contributed by atoms with E-state index in [1.54, 1.807) is 11.3 Å². The van der Waals surface area contributed by atoms with E-state index in [4.69, 9.17) is 5.10 Å². The van der Waals surface area contributed by atoms with Crippen LogP contribution in [0.2, 0.25) is 0 Å². The molecule has 0 saturated heterocycles. The molecule has 98 valence electrons. The Morgan fingerprint density at radius 3 is 2.17 bits per heavy atom. The number of nitrogens with zero attached hydrogens (tertiary/aromatic N) is 3. The van der Waals surface area contributed by atoms with Crippen LogP contribution in [-0.2, 0) is 10.8 Å². The second-order valence-electron chi connectivity index (χ2n) is 6.64. The zero-order valence-electron chi connectivity index (χ0n) is 12.0. The van der Waals surface area contributed by atoms with Gasteiger partial charge in [-0.1, -0.05) is 41.5 Å². The van der Waals surface area contributed by atoms with Crippen LogP contribution in [0.25, 0.3) is 5.13 Å². The third-order valence-corrected chi connectivity index (χ3v) is 3.59. The van der Waals surface area contributed by atoms with Crippen molar-refractivity contribution in [2.24, 2.45) is 0 Å². The molecule has 0 aromatic carbocycles. The Kier molecular flexibility index (Phi) is 3.09. The molecule has 4 heteroatoms. The normalized spacial score (nSPS) is 13.0. The number of hydrogen-bond donors (Lipinski definition) is 0. The van der Waals surface area contributed by atoms with Crippen LogP contribution in [0.4, 0.5) is 0 Å².